The molecule has 0 saturated carbocycles. The molecule has 3 aromatic rings. The summed E-state index contributed by atoms with van der Waals surface area (Å²) >= 11 is 1.28. The first-order chi connectivity index (χ1) is 16.1. The number of benzene rings is 3. The zero-order chi connectivity index (χ0) is 23.2. The van der Waals surface area contributed by atoms with Crippen LogP contribution in [-0.2, 0) is 22.6 Å². The van der Waals surface area contributed by atoms with Gasteiger partial charge in [0, 0.05) is 12.2 Å². The van der Waals surface area contributed by atoms with Crippen LogP contribution in [0.15, 0.2) is 95.5 Å². The van der Waals surface area contributed by atoms with Crippen molar-refractivity contribution in [2.24, 2.45) is 0 Å². The molecule has 0 aromatic heterocycles. The van der Waals surface area contributed by atoms with E-state index in [4.69, 9.17) is 0 Å². The molecule has 6 heteroatoms. The second-order valence-corrected chi connectivity index (χ2v) is 8.96. The number of anilines is 1. The maximum Gasteiger partial charge on any atom is 0.264 e. The summed E-state index contributed by atoms with van der Waals surface area (Å²) in [4.78, 5) is 28.0. The first-order valence-corrected chi connectivity index (χ1v) is 11.5. The smallest absolute Gasteiger partial charge is 0.264 e. The molecule has 1 atom stereocenters. The molecule has 1 N–H and O–H groups in total. The zero-order valence-corrected chi connectivity index (χ0v) is 19.0. The van der Waals surface area contributed by atoms with Gasteiger partial charge < -0.3 is 5.32 Å². The minimum Gasteiger partial charge on any atom is -0.347 e. The third-order valence-electron chi connectivity index (χ3n) is 5.36. The monoisotopic (exact) mass is 453 g/mol. The van der Waals surface area contributed by atoms with Crippen LogP contribution < -0.4 is 10.2 Å². The summed E-state index contributed by atoms with van der Waals surface area (Å²) in [7, 11) is 0. The number of nitriles is 1. The summed E-state index contributed by atoms with van der Waals surface area (Å²) < 4.78 is 0. The second-order valence-electron chi connectivity index (χ2n) is 7.77. The van der Waals surface area contributed by atoms with Crippen molar-refractivity contribution in [2.75, 3.05) is 4.90 Å². The van der Waals surface area contributed by atoms with Gasteiger partial charge in [-0.2, -0.15) is 5.26 Å². The molecule has 0 bridgehead atoms. The van der Waals surface area contributed by atoms with Gasteiger partial charge in [-0.25, -0.2) is 0 Å². The highest BCUT2D eigenvalue weighted by molar-refractivity contribution is 8.05. The van der Waals surface area contributed by atoms with Crippen molar-refractivity contribution in [3.05, 3.63) is 112 Å². The molecule has 4 rings (SSSR count). The van der Waals surface area contributed by atoms with E-state index in [1.165, 1.54) is 16.7 Å². The predicted molar refractivity (Wildman–Crippen MR) is 131 cm³/mol. The molecule has 1 fully saturated rings. The van der Waals surface area contributed by atoms with Crippen LogP contribution in [-0.4, -0.2) is 17.1 Å². The first-order valence-electron chi connectivity index (χ1n) is 10.6. The molecule has 0 aliphatic carbocycles. The Kier molecular flexibility index (Phi) is 6.92. The lowest BCUT2D eigenvalue weighted by molar-refractivity contribution is -0.117. The number of nitrogens with one attached hydrogen (secondary N) is 1. The molecule has 1 heterocycles. The summed E-state index contributed by atoms with van der Waals surface area (Å²) in [5.74, 6) is -0.625. The zero-order valence-electron chi connectivity index (χ0n) is 18.2. The van der Waals surface area contributed by atoms with E-state index in [2.05, 4.69) is 5.32 Å². The fraction of sp³-hybridized carbons (Fsp3) is 0.148. The molecule has 0 spiro atoms. The Bertz CT molecular complexity index is 1220. The van der Waals surface area contributed by atoms with Gasteiger partial charge in [-0.05, 0) is 36.6 Å². The van der Waals surface area contributed by atoms with E-state index in [0.29, 0.717) is 23.7 Å². The van der Waals surface area contributed by atoms with Gasteiger partial charge in [0.1, 0.15) is 16.7 Å². The van der Waals surface area contributed by atoms with Crippen LogP contribution in [0.25, 0.3) is 0 Å². The highest BCUT2D eigenvalue weighted by Crippen LogP contribution is 2.41. The highest BCUT2D eigenvalue weighted by atomic mass is 32.2. The molecule has 1 aliphatic heterocycles. The first kappa shape index (κ1) is 22.4. The van der Waals surface area contributed by atoms with Crippen LogP contribution in [0.2, 0.25) is 0 Å². The number of hydrogen-bond donors (Lipinski definition) is 1. The molecular formula is C27H23N3O2S. The van der Waals surface area contributed by atoms with Crippen molar-refractivity contribution in [1.29, 1.82) is 5.26 Å². The molecule has 0 radical (unpaired) electrons. The molecular weight excluding hydrogens is 430 g/mol. The van der Waals surface area contributed by atoms with Crippen LogP contribution in [0.5, 0.6) is 0 Å². The van der Waals surface area contributed by atoms with Gasteiger partial charge in [0.2, 0.25) is 5.91 Å². The third-order valence-corrected chi connectivity index (χ3v) is 6.62. The van der Waals surface area contributed by atoms with Crippen molar-refractivity contribution in [3.8, 4) is 6.07 Å². The molecule has 5 nitrogen and oxygen atoms in total. The number of amides is 2. The number of rotatable bonds is 6. The predicted octanol–water partition coefficient (Wildman–Crippen LogP) is 4.74. The minimum absolute atomic E-state index is 0.0552. The molecule has 33 heavy (non-hydrogen) atoms. The van der Waals surface area contributed by atoms with E-state index in [-0.39, 0.29) is 11.5 Å². The lowest BCUT2D eigenvalue weighted by atomic mass is 10.1. The Morgan fingerprint density at radius 1 is 0.970 bits per heavy atom. The topological polar surface area (TPSA) is 73.2 Å². The standard InChI is InChI=1S/C27H23N3O2S/c1-19-12-14-22(15-13-19)30-26(32)24(16-20-8-4-2-5-9-20)33-27(30)23(17-28)25(31)29-18-21-10-6-3-7-11-21/h2-15,24H,16,18H2,1H3,(H,29,31)/b27-23-/t24-/m1/s1. The van der Waals surface area contributed by atoms with Crippen molar-refractivity contribution < 1.29 is 9.59 Å². The molecule has 2 amide bonds. The molecule has 1 saturated heterocycles. The van der Waals surface area contributed by atoms with Crippen LogP contribution >= 0.6 is 11.8 Å². The van der Waals surface area contributed by atoms with E-state index in [1.54, 1.807) is 0 Å². The quantitative estimate of drug-likeness (QED) is 0.432. The fourth-order valence-corrected chi connectivity index (χ4v) is 4.92. The van der Waals surface area contributed by atoms with Gasteiger partial charge in [0.25, 0.3) is 5.91 Å². The summed E-state index contributed by atoms with van der Waals surface area (Å²) in [5.41, 5.74) is 3.61. The van der Waals surface area contributed by atoms with E-state index in [0.717, 1.165) is 16.7 Å². The van der Waals surface area contributed by atoms with Crippen molar-refractivity contribution >= 4 is 29.3 Å². The summed E-state index contributed by atoms with van der Waals surface area (Å²) in [5, 5.41) is 12.7. The van der Waals surface area contributed by atoms with Crippen molar-refractivity contribution in [1.82, 2.24) is 5.32 Å². The van der Waals surface area contributed by atoms with E-state index < -0.39 is 11.2 Å². The largest absolute Gasteiger partial charge is 0.347 e. The average molecular weight is 454 g/mol. The Hall–Kier alpha value is -3.82. The number of nitrogens with zero attached hydrogens (tertiary/aromatic N) is 2. The summed E-state index contributed by atoms with van der Waals surface area (Å²) in [6.45, 7) is 2.27. The third kappa shape index (κ3) is 5.16. The van der Waals surface area contributed by atoms with E-state index >= 15 is 0 Å². The SMILES string of the molecule is Cc1ccc(N2C(=O)[C@@H](Cc3ccccc3)S/C2=C(/C#N)C(=O)NCc2ccccc2)cc1. The maximum absolute atomic E-state index is 13.5. The van der Waals surface area contributed by atoms with Crippen LogP contribution in [0.1, 0.15) is 16.7 Å². The van der Waals surface area contributed by atoms with Crippen LogP contribution in [0.4, 0.5) is 5.69 Å². The summed E-state index contributed by atoms with van der Waals surface area (Å²) in [6, 6.07) is 28.8. The van der Waals surface area contributed by atoms with Gasteiger partial charge in [-0.3, -0.25) is 14.5 Å². The van der Waals surface area contributed by atoms with Crippen LogP contribution in [0.3, 0.4) is 0 Å². The number of thioether (sulfide) groups is 1. The number of carbonyl (C=O) groups is 2. The van der Waals surface area contributed by atoms with Gasteiger partial charge in [-0.1, -0.05) is 90.1 Å². The normalized spacial score (nSPS) is 16.9. The number of carbonyl (C=O) groups excluding carboxylic acids is 2. The Labute approximate surface area is 197 Å². The summed E-state index contributed by atoms with van der Waals surface area (Å²) in [6.07, 6.45) is 0.514. The molecule has 3 aromatic carbocycles. The molecule has 1 aliphatic rings. The lowest BCUT2D eigenvalue weighted by Crippen LogP contribution is -2.32. The lowest BCUT2D eigenvalue weighted by Gasteiger charge is -2.19. The Balaban J connectivity index is 1.67. The molecule has 164 valence electrons. The fourth-order valence-electron chi connectivity index (χ4n) is 3.61. The van der Waals surface area contributed by atoms with Crippen LogP contribution in [0, 0.1) is 18.3 Å². The number of aryl methyl sites for hydroxylation is 1. The highest BCUT2D eigenvalue weighted by Gasteiger charge is 2.40. The Morgan fingerprint density at radius 3 is 2.18 bits per heavy atom. The minimum atomic E-state index is -0.492. The van der Waals surface area contributed by atoms with Gasteiger partial charge >= 0.3 is 0 Å². The van der Waals surface area contributed by atoms with Gasteiger partial charge in [-0.15, -0.1) is 0 Å². The van der Waals surface area contributed by atoms with E-state index in [1.807, 2.05) is 97.9 Å². The average Bonchev–Trinajstić information content (AvgIpc) is 3.15. The Morgan fingerprint density at radius 2 is 1.58 bits per heavy atom. The van der Waals surface area contributed by atoms with Gasteiger partial charge in [0.15, 0.2) is 0 Å². The van der Waals surface area contributed by atoms with Crippen molar-refractivity contribution in [3.63, 3.8) is 0 Å². The molecule has 0 unspecified atom stereocenters. The maximum atomic E-state index is 13.5. The van der Waals surface area contributed by atoms with Gasteiger partial charge in [0.05, 0.1) is 5.25 Å². The van der Waals surface area contributed by atoms with E-state index in [9.17, 15) is 14.9 Å². The number of hydrogen-bond acceptors (Lipinski definition) is 4. The van der Waals surface area contributed by atoms with Crippen molar-refractivity contribution in [2.45, 2.75) is 25.1 Å². The second kappa shape index (κ2) is 10.2.